The molecular formula is C21H30N2O4. The third kappa shape index (κ3) is 4.87. The Morgan fingerprint density at radius 2 is 1.85 bits per heavy atom. The lowest BCUT2D eigenvalue weighted by Crippen LogP contribution is -2.45. The first-order valence-corrected chi connectivity index (χ1v) is 9.49. The number of hydrogen-bond acceptors (Lipinski definition) is 3. The van der Waals surface area contributed by atoms with Gasteiger partial charge < -0.3 is 14.9 Å². The molecule has 0 aliphatic carbocycles. The maximum Gasteiger partial charge on any atom is 0.323 e. The van der Waals surface area contributed by atoms with Gasteiger partial charge in [0.05, 0.1) is 5.41 Å². The molecule has 0 radical (unpaired) electrons. The van der Waals surface area contributed by atoms with E-state index < -0.39 is 11.4 Å². The minimum Gasteiger partial charge on any atom is -0.480 e. The maximum atomic E-state index is 13.3. The van der Waals surface area contributed by atoms with Crippen molar-refractivity contribution in [3.63, 3.8) is 0 Å². The van der Waals surface area contributed by atoms with Crippen molar-refractivity contribution < 1.29 is 19.5 Å². The molecule has 1 aromatic rings. The fourth-order valence-electron chi connectivity index (χ4n) is 4.02. The van der Waals surface area contributed by atoms with Crippen molar-refractivity contribution in [2.24, 2.45) is 0 Å². The third-order valence-electron chi connectivity index (χ3n) is 5.49. The van der Waals surface area contributed by atoms with Gasteiger partial charge in [-0.05, 0) is 51.2 Å². The molecule has 6 heteroatoms. The van der Waals surface area contributed by atoms with E-state index in [2.05, 4.69) is 0 Å². The predicted octanol–water partition coefficient (Wildman–Crippen LogP) is 2.59. The zero-order valence-electron chi connectivity index (χ0n) is 16.7. The Morgan fingerprint density at radius 3 is 2.44 bits per heavy atom. The van der Waals surface area contributed by atoms with Crippen molar-refractivity contribution in [2.45, 2.75) is 58.4 Å². The molecule has 0 saturated carbocycles. The van der Waals surface area contributed by atoms with E-state index in [1.165, 1.54) is 11.8 Å². The zero-order valence-corrected chi connectivity index (χ0v) is 16.7. The molecule has 1 aliphatic rings. The molecule has 1 saturated heterocycles. The highest BCUT2D eigenvalue weighted by atomic mass is 16.4. The van der Waals surface area contributed by atoms with Gasteiger partial charge in [0.15, 0.2) is 0 Å². The lowest BCUT2D eigenvalue weighted by Gasteiger charge is -2.33. The Balaban J connectivity index is 2.13. The quantitative estimate of drug-likeness (QED) is 0.859. The fourth-order valence-corrected chi connectivity index (χ4v) is 4.02. The molecule has 1 aromatic carbocycles. The molecule has 148 valence electrons. The van der Waals surface area contributed by atoms with E-state index in [-0.39, 0.29) is 24.4 Å². The molecule has 2 rings (SSSR count). The van der Waals surface area contributed by atoms with Crippen LogP contribution in [0.15, 0.2) is 24.3 Å². The molecule has 1 heterocycles. The van der Waals surface area contributed by atoms with Gasteiger partial charge in [-0.25, -0.2) is 0 Å². The average molecular weight is 374 g/mol. The van der Waals surface area contributed by atoms with Gasteiger partial charge in [0.2, 0.25) is 11.8 Å². The highest BCUT2D eigenvalue weighted by molar-refractivity contribution is 5.88. The van der Waals surface area contributed by atoms with E-state index >= 15 is 0 Å². The number of aryl methyl sites for hydroxylation is 1. The number of aliphatic carboxylic acids is 1. The number of hydrogen-bond donors (Lipinski definition) is 1. The summed E-state index contributed by atoms with van der Waals surface area (Å²) in [4.78, 5) is 39.5. The van der Waals surface area contributed by atoms with Crippen LogP contribution in [0.1, 0.15) is 51.2 Å². The smallest absolute Gasteiger partial charge is 0.323 e. The van der Waals surface area contributed by atoms with E-state index in [4.69, 9.17) is 5.11 Å². The van der Waals surface area contributed by atoms with Crippen LogP contribution in [0.5, 0.6) is 0 Å². The SMILES string of the molecule is CC(=O)N(CC(=O)O)C1CCCN(C(=O)C(C)(C)c2ccccc2C)CC1. The number of carbonyl (C=O) groups excluding carboxylic acids is 2. The highest BCUT2D eigenvalue weighted by Crippen LogP contribution is 2.30. The molecule has 1 fully saturated rings. The molecule has 27 heavy (non-hydrogen) atoms. The monoisotopic (exact) mass is 374 g/mol. The Labute approximate surface area is 161 Å². The molecule has 0 bridgehead atoms. The van der Waals surface area contributed by atoms with Gasteiger partial charge in [-0.2, -0.15) is 0 Å². The van der Waals surface area contributed by atoms with Crippen molar-refractivity contribution in [1.82, 2.24) is 9.80 Å². The number of benzene rings is 1. The van der Waals surface area contributed by atoms with Crippen LogP contribution in [0.3, 0.4) is 0 Å². The van der Waals surface area contributed by atoms with Gasteiger partial charge in [0, 0.05) is 26.1 Å². The third-order valence-corrected chi connectivity index (χ3v) is 5.49. The molecule has 2 amide bonds. The summed E-state index contributed by atoms with van der Waals surface area (Å²) >= 11 is 0. The number of carboxylic acids is 1. The summed E-state index contributed by atoms with van der Waals surface area (Å²) in [5.41, 5.74) is 1.48. The molecule has 1 N–H and O–H groups in total. The molecule has 1 unspecified atom stereocenters. The first kappa shape index (κ1) is 20.9. The standard InChI is InChI=1S/C21H30N2O4/c1-15-8-5-6-10-18(15)21(3,4)20(27)22-12-7-9-17(11-13-22)23(16(2)24)14-19(25)26/h5-6,8,10,17H,7,9,11-14H2,1-4H3,(H,25,26). The van der Waals surface area contributed by atoms with Crippen LogP contribution < -0.4 is 0 Å². The van der Waals surface area contributed by atoms with Crippen LogP contribution in [-0.2, 0) is 19.8 Å². The van der Waals surface area contributed by atoms with E-state index in [9.17, 15) is 14.4 Å². The topological polar surface area (TPSA) is 77.9 Å². The molecular weight excluding hydrogens is 344 g/mol. The van der Waals surface area contributed by atoms with Crippen LogP contribution in [0.2, 0.25) is 0 Å². The van der Waals surface area contributed by atoms with Gasteiger partial charge in [0.1, 0.15) is 6.54 Å². The first-order valence-electron chi connectivity index (χ1n) is 9.49. The first-order chi connectivity index (χ1) is 12.6. The lowest BCUT2D eigenvalue weighted by atomic mass is 9.80. The van der Waals surface area contributed by atoms with Crippen LogP contribution in [0.4, 0.5) is 0 Å². The number of carbonyl (C=O) groups is 3. The number of rotatable bonds is 5. The van der Waals surface area contributed by atoms with Crippen molar-refractivity contribution in [1.29, 1.82) is 0 Å². The van der Waals surface area contributed by atoms with E-state index in [1.54, 1.807) is 0 Å². The van der Waals surface area contributed by atoms with Gasteiger partial charge >= 0.3 is 5.97 Å². The Hall–Kier alpha value is -2.37. The van der Waals surface area contributed by atoms with Crippen LogP contribution in [0.25, 0.3) is 0 Å². The van der Waals surface area contributed by atoms with Crippen molar-refractivity contribution in [2.75, 3.05) is 19.6 Å². The normalized spacial score (nSPS) is 17.9. The number of likely N-dealkylation sites (tertiary alicyclic amines) is 1. The van der Waals surface area contributed by atoms with Crippen molar-refractivity contribution in [3.05, 3.63) is 35.4 Å². The second-order valence-corrected chi connectivity index (χ2v) is 7.86. The zero-order chi connectivity index (χ0) is 20.2. The van der Waals surface area contributed by atoms with Crippen molar-refractivity contribution in [3.8, 4) is 0 Å². The minimum absolute atomic E-state index is 0.0741. The summed E-state index contributed by atoms with van der Waals surface area (Å²) in [6.07, 6.45) is 2.06. The van der Waals surface area contributed by atoms with Gasteiger partial charge in [-0.1, -0.05) is 24.3 Å². The summed E-state index contributed by atoms with van der Waals surface area (Å²) in [7, 11) is 0. The van der Waals surface area contributed by atoms with E-state index in [0.29, 0.717) is 25.9 Å². The number of nitrogens with zero attached hydrogens (tertiary/aromatic N) is 2. The number of carboxylic acid groups (broad SMARTS) is 1. The minimum atomic E-state index is -1.01. The number of amides is 2. The average Bonchev–Trinajstić information content (AvgIpc) is 2.84. The Bertz CT molecular complexity index is 714. The summed E-state index contributed by atoms with van der Waals surface area (Å²) in [5.74, 6) is -1.17. The van der Waals surface area contributed by atoms with Gasteiger partial charge in [-0.3, -0.25) is 14.4 Å². The van der Waals surface area contributed by atoms with Gasteiger partial charge in [0.25, 0.3) is 0 Å². The lowest BCUT2D eigenvalue weighted by molar-refractivity contribution is -0.145. The summed E-state index contributed by atoms with van der Waals surface area (Å²) in [6, 6.07) is 7.79. The van der Waals surface area contributed by atoms with Crippen molar-refractivity contribution >= 4 is 17.8 Å². The molecule has 6 nitrogen and oxygen atoms in total. The second-order valence-electron chi connectivity index (χ2n) is 7.86. The largest absolute Gasteiger partial charge is 0.480 e. The van der Waals surface area contributed by atoms with E-state index in [1.807, 2.05) is 49.9 Å². The van der Waals surface area contributed by atoms with Crippen LogP contribution in [0, 0.1) is 6.92 Å². The molecule has 1 atom stereocenters. The predicted molar refractivity (Wildman–Crippen MR) is 103 cm³/mol. The van der Waals surface area contributed by atoms with Crippen LogP contribution in [-0.4, -0.2) is 58.4 Å². The van der Waals surface area contributed by atoms with Gasteiger partial charge in [-0.15, -0.1) is 0 Å². The second kappa shape index (κ2) is 8.55. The Kier molecular flexibility index (Phi) is 6.63. The molecule has 0 aromatic heterocycles. The molecule has 0 spiro atoms. The van der Waals surface area contributed by atoms with E-state index in [0.717, 1.165) is 17.5 Å². The highest BCUT2D eigenvalue weighted by Gasteiger charge is 2.36. The maximum absolute atomic E-state index is 13.3. The Morgan fingerprint density at radius 1 is 1.19 bits per heavy atom. The summed E-state index contributed by atoms with van der Waals surface area (Å²) < 4.78 is 0. The molecule has 1 aliphatic heterocycles. The van der Waals surface area contributed by atoms with Crippen LogP contribution >= 0.6 is 0 Å². The summed E-state index contributed by atoms with van der Waals surface area (Å²) in [6.45, 7) is 8.19. The summed E-state index contributed by atoms with van der Waals surface area (Å²) in [5, 5.41) is 9.07. The fraction of sp³-hybridized carbons (Fsp3) is 0.571.